The minimum atomic E-state index is -2.14. The summed E-state index contributed by atoms with van der Waals surface area (Å²) in [6, 6.07) is 10.3. The van der Waals surface area contributed by atoms with Gasteiger partial charge >= 0.3 is 0 Å². The fraction of sp³-hybridized carbons (Fsp3) is 0.667. The monoisotopic (exact) mass is 372 g/mol. The molecule has 1 unspecified atom stereocenters. The van der Waals surface area contributed by atoms with E-state index in [9.17, 15) is 5.11 Å². The second kappa shape index (κ2) is 10.3. The lowest BCUT2D eigenvalue weighted by atomic mass is 10.1. The van der Waals surface area contributed by atoms with E-state index < -0.39 is 13.3 Å². The summed E-state index contributed by atoms with van der Waals surface area (Å²) < 4.78 is 0. The molecule has 0 aliphatic rings. The molecule has 0 fully saturated rings. The third kappa shape index (κ3) is 4.62. The summed E-state index contributed by atoms with van der Waals surface area (Å²) in [7, 11) is -2.14. The standard InChI is InChI=1S/C24H40OSi/c1-8-9-10-11-12-16-19-24(25,23-17-14-13-15-18-23)26(20(2)3,21(4)5)22(6)7/h13-15,17-18,20-22,25H,8-11,19H2,1-7H3. The van der Waals surface area contributed by atoms with Crippen molar-refractivity contribution >= 4 is 8.07 Å². The Labute approximate surface area is 163 Å². The molecular weight excluding hydrogens is 332 g/mol. The summed E-state index contributed by atoms with van der Waals surface area (Å²) in [6.07, 6.45) is 5.12. The molecule has 146 valence electrons. The number of rotatable bonds is 9. The number of benzene rings is 1. The van der Waals surface area contributed by atoms with Crippen LogP contribution in [0, 0.1) is 11.8 Å². The fourth-order valence-electron chi connectivity index (χ4n) is 5.39. The van der Waals surface area contributed by atoms with Gasteiger partial charge in [0.15, 0.2) is 0 Å². The van der Waals surface area contributed by atoms with Crippen LogP contribution in [0.4, 0.5) is 0 Å². The van der Waals surface area contributed by atoms with E-state index in [1.54, 1.807) is 0 Å². The Morgan fingerprint density at radius 2 is 1.42 bits per heavy atom. The molecule has 1 nitrogen and oxygen atoms in total. The molecule has 0 heterocycles. The van der Waals surface area contributed by atoms with Crippen LogP contribution in [0.25, 0.3) is 0 Å². The quantitative estimate of drug-likeness (QED) is 0.279. The van der Waals surface area contributed by atoms with Crippen LogP contribution < -0.4 is 0 Å². The highest BCUT2D eigenvalue weighted by molar-refractivity contribution is 6.85. The van der Waals surface area contributed by atoms with Crippen molar-refractivity contribution in [3.05, 3.63) is 35.9 Å². The van der Waals surface area contributed by atoms with E-state index in [0.717, 1.165) is 18.4 Å². The SMILES string of the molecule is CCCCCC#CCC(O)(c1ccccc1)[Si](C(C)C)(C(C)C)C(C)C. The molecule has 0 radical (unpaired) electrons. The van der Waals surface area contributed by atoms with E-state index in [-0.39, 0.29) is 0 Å². The first kappa shape index (κ1) is 23.0. The molecule has 0 aliphatic carbocycles. The zero-order chi connectivity index (χ0) is 19.8. The average molecular weight is 373 g/mol. The summed E-state index contributed by atoms with van der Waals surface area (Å²) in [5.74, 6) is 6.73. The van der Waals surface area contributed by atoms with Crippen molar-refractivity contribution in [1.82, 2.24) is 0 Å². The molecule has 0 bridgehead atoms. The van der Waals surface area contributed by atoms with Crippen molar-refractivity contribution in [3.63, 3.8) is 0 Å². The first-order chi connectivity index (χ1) is 12.2. The van der Waals surface area contributed by atoms with Gasteiger partial charge in [-0.3, -0.25) is 0 Å². The van der Waals surface area contributed by atoms with E-state index in [0.29, 0.717) is 23.0 Å². The van der Waals surface area contributed by atoms with Gasteiger partial charge in [-0.25, -0.2) is 0 Å². The van der Waals surface area contributed by atoms with E-state index >= 15 is 0 Å². The van der Waals surface area contributed by atoms with Gasteiger partial charge in [-0.1, -0.05) is 91.6 Å². The Kier molecular flexibility index (Phi) is 9.14. The van der Waals surface area contributed by atoms with Crippen molar-refractivity contribution in [2.45, 2.75) is 102 Å². The van der Waals surface area contributed by atoms with Gasteiger partial charge < -0.3 is 5.11 Å². The van der Waals surface area contributed by atoms with E-state index in [1.807, 2.05) is 6.07 Å². The average Bonchev–Trinajstić information content (AvgIpc) is 2.58. The summed E-state index contributed by atoms with van der Waals surface area (Å²) in [5, 5.41) is 11.4. The van der Waals surface area contributed by atoms with Crippen LogP contribution >= 0.6 is 0 Å². The highest BCUT2D eigenvalue weighted by Crippen LogP contribution is 2.53. The predicted molar refractivity (Wildman–Crippen MR) is 118 cm³/mol. The lowest BCUT2D eigenvalue weighted by molar-refractivity contribution is 0.111. The highest BCUT2D eigenvalue weighted by atomic mass is 28.3. The van der Waals surface area contributed by atoms with Gasteiger partial charge in [0.2, 0.25) is 0 Å². The van der Waals surface area contributed by atoms with Crippen LogP contribution in [-0.2, 0) is 5.22 Å². The Balaban J connectivity index is 3.39. The first-order valence-corrected chi connectivity index (χ1v) is 12.7. The van der Waals surface area contributed by atoms with E-state index in [1.165, 1.54) is 12.8 Å². The van der Waals surface area contributed by atoms with Crippen molar-refractivity contribution in [2.75, 3.05) is 0 Å². The summed E-state index contributed by atoms with van der Waals surface area (Å²) in [6.45, 7) is 16.1. The van der Waals surface area contributed by atoms with E-state index in [2.05, 4.69) is 84.6 Å². The maximum absolute atomic E-state index is 12.3. The zero-order valence-corrected chi connectivity index (χ0v) is 19.1. The first-order valence-electron chi connectivity index (χ1n) is 10.5. The molecule has 0 saturated heterocycles. The van der Waals surface area contributed by atoms with Gasteiger partial charge in [0.05, 0.1) is 5.22 Å². The van der Waals surface area contributed by atoms with Crippen molar-refractivity contribution < 1.29 is 5.11 Å². The molecule has 2 heteroatoms. The topological polar surface area (TPSA) is 20.2 Å². The van der Waals surface area contributed by atoms with E-state index in [4.69, 9.17) is 0 Å². The van der Waals surface area contributed by atoms with Gasteiger partial charge in [0, 0.05) is 12.8 Å². The Morgan fingerprint density at radius 1 is 0.885 bits per heavy atom. The number of hydrogen-bond donors (Lipinski definition) is 1. The van der Waals surface area contributed by atoms with Gasteiger partial charge in [-0.15, -0.1) is 11.8 Å². The molecule has 0 saturated carbocycles. The number of unbranched alkanes of at least 4 members (excludes halogenated alkanes) is 3. The third-order valence-electron chi connectivity index (χ3n) is 6.21. The maximum atomic E-state index is 12.3. The molecule has 1 atom stereocenters. The fourth-order valence-corrected chi connectivity index (χ4v) is 13.3. The molecule has 0 aliphatic heterocycles. The van der Waals surface area contributed by atoms with Crippen LogP contribution in [0.5, 0.6) is 0 Å². The minimum Gasteiger partial charge on any atom is -0.388 e. The van der Waals surface area contributed by atoms with Crippen molar-refractivity contribution in [3.8, 4) is 11.8 Å². The molecule has 0 spiro atoms. The molecule has 1 aromatic rings. The van der Waals surface area contributed by atoms with Crippen molar-refractivity contribution in [2.24, 2.45) is 0 Å². The Hall–Kier alpha value is -1.04. The van der Waals surface area contributed by atoms with Gasteiger partial charge in [-0.2, -0.15) is 0 Å². The molecule has 1 rings (SSSR count). The summed E-state index contributed by atoms with van der Waals surface area (Å²) >= 11 is 0. The number of hydrogen-bond acceptors (Lipinski definition) is 1. The molecule has 1 N–H and O–H groups in total. The van der Waals surface area contributed by atoms with Crippen LogP contribution in [-0.4, -0.2) is 13.2 Å². The third-order valence-corrected chi connectivity index (χ3v) is 13.8. The molecule has 26 heavy (non-hydrogen) atoms. The maximum Gasteiger partial charge on any atom is 0.106 e. The highest BCUT2D eigenvalue weighted by Gasteiger charge is 2.58. The second-order valence-electron chi connectivity index (χ2n) is 8.61. The van der Waals surface area contributed by atoms with Crippen LogP contribution in [0.2, 0.25) is 16.6 Å². The predicted octanol–water partition coefficient (Wildman–Crippen LogP) is 7.07. The lowest BCUT2D eigenvalue weighted by Crippen LogP contribution is -2.62. The molecular formula is C24H40OSi. The van der Waals surface area contributed by atoms with Crippen molar-refractivity contribution in [1.29, 1.82) is 0 Å². The van der Waals surface area contributed by atoms with Gasteiger partial charge in [0.1, 0.15) is 8.07 Å². The van der Waals surface area contributed by atoms with Gasteiger partial charge in [-0.05, 0) is 28.6 Å². The minimum absolute atomic E-state index is 0.481. The zero-order valence-electron chi connectivity index (χ0n) is 18.1. The van der Waals surface area contributed by atoms with Crippen LogP contribution in [0.3, 0.4) is 0 Å². The summed E-state index contributed by atoms with van der Waals surface area (Å²) in [5.41, 5.74) is 2.50. The largest absolute Gasteiger partial charge is 0.388 e. The molecule has 1 aromatic carbocycles. The normalized spacial score (nSPS) is 14.4. The Bertz CT molecular complexity index is 557. The lowest BCUT2D eigenvalue weighted by Gasteiger charge is -2.54. The number of aliphatic hydroxyl groups is 1. The summed E-state index contributed by atoms with van der Waals surface area (Å²) in [4.78, 5) is 0. The second-order valence-corrected chi connectivity index (χ2v) is 14.8. The van der Waals surface area contributed by atoms with Gasteiger partial charge in [0.25, 0.3) is 0 Å². The molecule has 0 amide bonds. The smallest absolute Gasteiger partial charge is 0.106 e. The Morgan fingerprint density at radius 3 is 1.88 bits per heavy atom. The van der Waals surface area contributed by atoms with Crippen LogP contribution in [0.1, 0.15) is 86.1 Å². The van der Waals surface area contributed by atoms with Crippen LogP contribution in [0.15, 0.2) is 30.3 Å². The molecule has 0 aromatic heterocycles.